The number of nitrogens with zero attached hydrogens (tertiary/aromatic N) is 3. The number of hydrogen-bond acceptors (Lipinski definition) is 4. The van der Waals surface area contributed by atoms with Crippen LogP contribution in [0.25, 0.3) is 23.4 Å². The van der Waals surface area contributed by atoms with Crippen LogP contribution in [0.1, 0.15) is 11.3 Å². The minimum Gasteiger partial charge on any atom is -0.356 e. The molecule has 3 aromatic heterocycles. The highest BCUT2D eigenvalue weighted by molar-refractivity contribution is 5.71. The van der Waals surface area contributed by atoms with E-state index >= 15 is 0 Å². The van der Waals surface area contributed by atoms with E-state index in [0.29, 0.717) is 0 Å². The maximum absolute atomic E-state index is 4.44. The van der Waals surface area contributed by atoms with Gasteiger partial charge in [-0.05, 0) is 48.0 Å². The molecule has 1 aliphatic rings. The minimum atomic E-state index is 0.938. The maximum Gasteiger partial charge on any atom is 0.106 e. The largest absolute Gasteiger partial charge is 0.356 e. The van der Waals surface area contributed by atoms with Gasteiger partial charge in [0.05, 0.1) is 5.69 Å². The Kier molecular flexibility index (Phi) is 4.57. The second kappa shape index (κ2) is 7.32. The summed E-state index contributed by atoms with van der Waals surface area (Å²) < 4.78 is 0. The molecular formula is C20H21N5. The first-order chi connectivity index (χ1) is 12.4. The van der Waals surface area contributed by atoms with Gasteiger partial charge >= 0.3 is 0 Å². The molecule has 126 valence electrons. The van der Waals surface area contributed by atoms with E-state index in [-0.39, 0.29) is 0 Å². The van der Waals surface area contributed by atoms with Gasteiger partial charge in [0, 0.05) is 56.0 Å². The lowest BCUT2D eigenvalue weighted by atomic mass is 10.1. The Balaban J connectivity index is 1.53. The summed E-state index contributed by atoms with van der Waals surface area (Å²) in [7, 11) is 0. The van der Waals surface area contributed by atoms with Crippen LogP contribution in [0.2, 0.25) is 0 Å². The maximum atomic E-state index is 4.44. The summed E-state index contributed by atoms with van der Waals surface area (Å²) in [5.41, 5.74) is 4.32. The van der Waals surface area contributed by atoms with Crippen LogP contribution < -0.4 is 10.2 Å². The number of rotatable bonds is 4. The molecule has 4 rings (SSSR count). The molecule has 0 saturated carbocycles. The Bertz CT molecular complexity index is 847. The average molecular weight is 331 g/mol. The molecule has 0 aromatic carbocycles. The van der Waals surface area contributed by atoms with Crippen molar-refractivity contribution in [2.45, 2.75) is 0 Å². The molecule has 5 heteroatoms. The molecule has 0 amide bonds. The highest BCUT2D eigenvalue weighted by atomic mass is 15.2. The highest BCUT2D eigenvalue weighted by Gasteiger charge is 2.12. The van der Waals surface area contributed by atoms with Crippen LogP contribution >= 0.6 is 0 Å². The van der Waals surface area contributed by atoms with E-state index in [1.807, 2.05) is 30.5 Å². The quantitative estimate of drug-likeness (QED) is 0.771. The first-order valence-electron chi connectivity index (χ1n) is 8.58. The molecule has 0 aliphatic carbocycles. The Morgan fingerprint density at radius 3 is 2.60 bits per heavy atom. The fourth-order valence-corrected chi connectivity index (χ4v) is 3.01. The summed E-state index contributed by atoms with van der Waals surface area (Å²) >= 11 is 0. The van der Waals surface area contributed by atoms with Crippen molar-refractivity contribution >= 4 is 18.0 Å². The van der Waals surface area contributed by atoms with Crippen molar-refractivity contribution < 1.29 is 0 Å². The highest BCUT2D eigenvalue weighted by Crippen LogP contribution is 2.23. The van der Waals surface area contributed by atoms with Crippen LogP contribution in [-0.4, -0.2) is 41.1 Å². The molecule has 5 nitrogen and oxygen atoms in total. The second-order valence-corrected chi connectivity index (χ2v) is 6.08. The van der Waals surface area contributed by atoms with Crippen LogP contribution in [0.4, 0.5) is 5.82 Å². The lowest BCUT2D eigenvalue weighted by Gasteiger charge is -2.28. The van der Waals surface area contributed by atoms with E-state index < -0.39 is 0 Å². The first kappa shape index (κ1) is 15.6. The van der Waals surface area contributed by atoms with Gasteiger partial charge < -0.3 is 15.2 Å². The Hall–Kier alpha value is -2.92. The summed E-state index contributed by atoms with van der Waals surface area (Å²) in [5.74, 6) is 1.18. The van der Waals surface area contributed by atoms with Gasteiger partial charge in [-0.25, -0.2) is 0 Å². The molecule has 0 bridgehead atoms. The second-order valence-electron chi connectivity index (χ2n) is 6.08. The number of aromatic nitrogens is 3. The summed E-state index contributed by atoms with van der Waals surface area (Å²) in [6.07, 6.45) is 9.51. The smallest absolute Gasteiger partial charge is 0.106 e. The third kappa shape index (κ3) is 3.78. The van der Waals surface area contributed by atoms with Crippen molar-refractivity contribution in [1.82, 2.24) is 20.3 Å². The standard InChI is InChI=1S/C20H21N5/c1(16-5-8-21-9-6-16)2-18-15-17(7-10-23-18)19-3-4-20(24-19)25-13-11-22-12-14-25/h1-10,15,22,24H,11-14H2/b2-1+. The monoisotopic (exact) mass is 331 g/mol. The lowest BCUT2D eigenvalue weighted by Crippen LogP contribution is -2.43. The zero-order chi connectivity index (χ0) is 16.9. The molecule has 1 saturated heterocycles. The van der Waals surface area contributed by atoms with Crippen LogP contribution in [0.3, 0.4) is 0 Å². The van der Waals surface area contributed by atoms with Gasteiger partial charge in [0.15, 0.2) is 0 Å². The summed E-state index contributed by atoms with van der Waals surface area (Å²) in [6.45, 7) is 4.15. The molecule has 1 fully saturated rings. The first-order valence-corrected chi connectivity index (χ1v) is 8.58. The van der Waals surface area contributed by atoms with E-state index in [1.54, 1.807) is 12.4 Å². The van der Waals surface area contributed by atoms with Crippen molar-refractivity contribution in [3.63, 3.8) is 0 Å². The normalized spacial score (nSPS) is 15.0. The number of nitrogens with one attached hydrogen (secondary N) is 2. The topological polar surface area (TPSA) is 56.8 Å². The van der Waals surface area contributed by atoms with Crippen LogP contribution in [0.15, 0.2) is 55.0 Å². The summed E-state index contributed by atoms with van der Waals surface area (Å²) in [5, 5.41) is 3.38. The van der Waals surface area contributed by atoms with Crippen LogP contribution in [0, 0.1) is 0 Å². The van der Waals surface area contributed by atoms with Gasteiger partial charge in [0.25, 0.3) is 0 Å². The third-order valence-corrected chi connectivity index (χ3v) is 4.37. The number of piperazine rings is 1. The van der Waals surface area contributed by atoms with Crippen molar-refractivity contribution in [1.29, 1.82) is 0 Å². The summed E-state index contributed by atoms with van der Waals surface area (Å²) in [6, 6.07) is 12.4. The van der Waals surface area contributed by atoms with Gasteiger partial charge in [-0.1, -0.05) is 6.08 Å². The van der Waals surface area contributed by atoms with E-state index in [1.165, 1.54) is 5.82 Å². The van der Waals surface area contributed by atoms with E-state index in [2.05, 4.69) is 49.4 Å². The van der Waals surface area contributed by atoms with Crippen molar-refractivity contribution in [3.05, 3.63) is 66.2 Å². The van der Waals surface area contributed by atoms with Crippen molar-refractivity contribution in [3.8, 4) is 11.3 Å². The zero-order valence-electron chi connectivity index (χ0n) is 14.0. The number of anilines is 1. The van der Waals surface area contributed by atoms with E-state index in [0.717, 1.165) is 48.7 Å². The van der Waals surface area contributed by atoms with Gasteiger partial charge in [0.1, 0.15) is 5.82 Å². The van der Waals surface area contributed by atoms with Crippen LogP contribution in [0.5, 0.6) is 0 Å². The molecule has 0 radical (unpaired) electrons. The molecule has 2 N–H and O–H groups in total. The Morgan fingerprint density at radius 2 is 1.76 bits per heavy atom. The number of aromatic amines is 1. The SMILES string of the molecule is C(=C\c1cc(-c2ccc(N3CCNCC3)[nH]2)ccn1)/c1ccncc1. The average Bonchev–Trinajstić information content (AvgIpc) is 3.18. The molecule has 0 atom stereocenters. The summed E-state index contributed by atoms with van der Waals surface area (Å²) in [4.78, 5) is 14.4. The zero-order valence-corrected chi connectivity index (χ0v) is 14.0. The third-order valence-electron chi connectivity index (χ3n) is 4.37. The van der Waals surface area contributed by atoms with Gasteiger partial charge in [-0.3, -0.25) is 9.97 Å². The van der Waals surface area contributed by atoms with Crippen molar-refractivity contribution in [2.24, 2.45) is 0 Å². The number of H-pyrrole nitrogens is 1. The predicted molar refractivity (Wildman–Crippen MR) is 102 cm³/mol. The van der Waals surface area contributed by atoms with Gasteiger partial charge in [0.2, 0.25) is 0 Å². The predicted octanol–water partition coefficient (Wildman–Crippen LogP) is 3.05. The van der Waals surface area contributed by atoms with Crippen LogP contribution in [-0.2, 0) is 0 Å². The molecule has 3 aromatic rings. The van der Waals surface area contributed by atoms with Gasteiger partial charge in [-0.15, -0.1) is 0 Å². The molecular weight excluding hydrogens is 310 g/mol. The molecule has 25 heavy (non-hydrogen) atoms. The molecule has 0 spiro atoms. The number of hydrogen-bond donors (Lipinski definition) is 2. The lowest BCUT2D eigenvalue weighted by molar-refractivity contribution is 0.586. The minimum absolute atomic E-state index is 0.938. The van der Waals surface area contributed by atoms with E-state index in [4.69, 9.17) is 0 Å². The Labute approximate surface area is 147 Å². The molecule has 1 aliphatic heterocycles. The Morgan fingerprint density at radius 1 is 0.920 bits per heavy atom. The van der Waals surface area contributed by atoms with Gasteiger partial charge in [-0.2, -0.15) is 0 Å². The fourth-order valence-electron chi connectivity index (χ4n) is 3.01. The molecule has 0 unspecified atom stereocenters. The fraction of sp³-hybridized carbons (Fsp3) is 0.200. The van der Waals surface area contributed by atoms with E-state index in [9.17, 15) is 0 Å². The van der Waals surface area contributed by atoms with Crippen molar-refractivity contribution in [2.75, 3.05) is 31.1 Å². The number of pyridine rings is 2. The molecule has 4 heterocycles.